The standard InChI is InChI=1S/C14H13F2N3O2/c15-14(16)21-11-4-2-10(3-5-11)13(20)19-12-6-1-9(7-17)8-18-12/h1-6,8,14H,7,17H2,(H,18,19,20). The van der Waals surface area contributed by atoms with Crippen LogP contribution in [0.15, 0.2) is 42.6 Å². The first-order chi connectivity index (χ1) is 10.1. The Bertz CT molecular complexity index is 601. The van der Waals surface area contributed by atoms with E-state index in [1.54, 1.807) is 18.3 Å². The average molecular weight is 293 g/mol. The van der Waals surface area contributed by atoms with E-state index in [2.05, 4.69) is 15.0 Å². The van der Waals surface area contributed by atoms with Crippen LogP contribution >= 0.6 is 0 Å². The van der Waals surface area contributed by atoms with Crippen LogP contribution in [0.2, 0.25) is 0 Å². The van der Waals surface area contributed by atoms with Gasteiger partial charge >= 0.3 is 6.61 Å². The van der Waals surface area contributed by atoms with Crippen molar-refractivity contribution in [1.29, 1.82) is 0 Å². The summed E-state index contributed by atoms with van der Waals surface area (Å²) in [6.07, 6.45) is 1.56. The maximum atomic E-state index is 12.0. The van der Waals surface area contributed by atoms with Gasteiger partial charge < -0.3 is 15.8 Å². The minimum Gasteiger partial charge on any atom is -0.435 e. The van der Waals surface area contributed by atoms with Gasteiger partial charge in [0.2, 0.25) is 0 Å². The van der Waals surface area contributed by atoms with E-state index in [4.69, 9.17) is 5.73 Å². The molecule has 0 aliphatic heterocycles. The molecule has 1 aromatic carbocycles. The number of ether oxygens (including phenoxy) is 1. The zero-order chi connectivity index (χ0) is 15.2. The molecule has 5 nitrogen and oxygen atoms in total. The van der Waals surface area contributed by atoms with Crippen LogP contribution in [-0.2, 0) is 6.54 Å². The lowest BCUT2D eigenvalue weighted by Gasteiger charge is -2.07. The number of rotatable bonds is 5. The third-order valence-electron chi connectivity index (χ3n) is 2.64. The van der Waals surface area contributed by atoms with Gasteiger partial charge in [-0.05, 0) is 35.9 Å². The number of nitrogens with zero attached hydrogens (tertiary/aromatic N) is 1. The molecule has 2 rings (SSSR count). The summed E-state index contributed by atoms with van der Waals surface area (Å²) < 4.78 is 28.2. The Hall–Kier alpha value is -2.54. The van der Waals surface area contributed by atoms with E-state index in [1.165, 1.54) is 24.3 Å². The quantitative estimate of drug-likeness (QED) is 0.887. The van der Waals surface area contributed by atoms with Crippen molar-refractivity contribution >= 4 is 11.7 Å². The minimum absolute atomic E-state index is 0.00743. The Balaban J connectivity index is 2.02. The zero-order valence-electron chi connectivity index (χ0n) is 10.9. The minimum atomic E-state index is -2.89. The summed E-state index contributed by atoms with van der Waals surface area (Å²) >= 11 is 0. The van der Waals surface area contributed by atoms with Crippen molar-refractivity contribution < 1.29 is 18.3 Å². The maximum Gasteiger partial charge on any atom is 0.387 e. The molecule has 0 bridgehead atoms. The largest absolute Gasteiger partial charge is 0.435 e. The van der Waals surface area contributed by atoms with Gasteiger partial charge in [0.05, 0.1) is 0 Å². The van der Waals surface area contributed by atoms with Gasteiger partial charge in [-0.2, -0.15) is 8.78 Å². The van der Waals surface area contributed by atoms with Crippen LogP contribution in [0.4, 0.5) is 14.6 Å². The Morgan fingerprint density at radius 1 is 1.24 bits per heavy atom. The predicted octanol–water partition coefficient (Wildman–Crippen LogP) is 2.39. The highest BCUT2D eigenvalue weighted by Crippen LogP contribution is 2.15. The summed E-state index contributed by atoms with van der Waals surface area (Å²) in [7, 11) is 0. The van der Waals surface area contributed by atoms with Gasteiger partial charge in [0.15, 0.2) is 0 Å². The number of nitrogens with two attached hydrogens (primary N) is 1. The fourth-order valence-electron chi connectivity index (χ4n) is 1.60. The van der Waals surface area contributed by atoms with Crippen LogP contribution in [0.25, 0.3) is 0 Å². The summed E-state index contributed by atoms with van der Waals surface area (Å²) in [4.78, 5) is 16.0. The Kier molecular flexibility index (Phi) is 4.78. The van der Waals surface area contributed by atoms with Gasteiger partial charge in [0.25, 0.3) is 5.91 Å². The fraction of sp³-hybridized carbons (Fsp3) is 0.143. The molecular weight excluding hydrogens is 280 g/mol. The molecule has 0 fully saturated rings. The summed E-state index contributed by atoms with van der Waals surface area (Å²) in [5.74, 6) is -0.0244. The van der Waals surface area contributed by atoms with Crippen LogP contribution < -0.4 is 15.8 Å². The number of pyridine rings is 1. The molecule has 0 atom stereocenters. The second-order valence-electron chi connectivity index (χ2n) is 4.11. The zero-order valence-corrected chi connectivity index (χ0v) is 10.9. The highest BCUT2D eigenvalue weighted by Gasteiger charge is 2.09. The van der Waals surface area contributed by atoms with Crippen molar-refractivity contribution in [2.45, 2.75) is 13.2 Å². The van der Waals surface area contributed by atoms with Crippen LogP contribution in [0.3, 0.4) is 0 Å². The van der Waals surface area contributed by atoms with Crippen LogP contribution in [0.1, 0.15) is 15.9 Å². The van der Waals surface area contributed by atoms with Gasteiger partial charge in [-0.3, -0.25) is 4.79 Å². The molecule has 1 amide bonds. The fourth-order valence-corrected chi connectivity index (χ4v) is 1.60. The summed E-state index contributed by atoms with van der Waals surface area (Å²) in [5.41, 5.74) is 6.60. The lowest BCUT2D eigenvalue weighted by Crippen LogP contribution is -2.13. The molecule has 0 radical (unpaired) electrons. The van der Waals surface area contributed by atoms with Gasteiger partial charge in [0.1, 0.15) is 11.6 Å². The van der Waals surface area contributed by atoms with E-state index in [1.807, 2.05) is 0 Å². The van der Waals surface area contributed by atoms with Gasteiger partial charge in [0, 0.05) is 18.3 Å². The lowest BCUT2D eigenvalue weighted by atomic mass is 10.2. The monoisotopic (exact) mass is 293 g/mol. The first kappa shape index (κ1) is 14.9. The molecule has 0 spiro atoms. The Labute approximate surface area is 119 Å². The highest BCUT2D eigenvalue weighted by atomic mass is 19.3. The van der Waals surface area contributed by atoms with E-state index >= 15 is 0 Å². The molecule has 3 N–H and O–H groups in total. The van der Waals surface area contributed by atoms with E-state index < -0.39 is 12.5 Å². The average Bonchev–Trinajstić information content (AvgIpc) is 2.48. The molecule has 0 unspecified atom stereocenters. The maximum absolute atomic E-state index is 12.0. The highest BCUT2D eigenvalue weighted by molar-refractivity contribution is 6.03. The third kappa shape index (κ3) is 4.22. The van der Waals surface area contributed by atoms with Crippen LogP contribution in [0.5, 0.6) is 5.75 Å². The Morgan fingerprint density at radius 2 is 1.95 bits per heavy atom. The van der Waals surface area contributed by atoms with Crippen molar-refractivity contribution in [3.8, 4) is 5.75 Å². The van der Waals surface area contributed by atoms with E-state index in [0.717, 1.165) is 5.56 Å². The van der Waals surface area contributed by atoms with Crippen molar-refractivity contribution in [2.75, 3.05) is 5.32 Å². The van der Waals surface area contributed by atoms with Gasteiger partial charge in [-0.1, -0.05) is 6.07 Å². The number of benzene rings is 1. The van der Waals surface area contributed by atoms with E-state index in [0.29, 0.717) is 17.9 Å². The lowest BCUT2D eigenvalue weighted by molar-refractivity contribution is -0.0498. The number of carbonyl (C=O) groups excluding carboxylic acids is 1. The van der Waals surface area contributed by atoms with Crippen LogP contribution in [-0.4, -0.2) is 17.5 Å². The summed E-state index contributed by atoms with van der Waals surface area (Å²) in [6, 6.07) is 8.76. The molecule has 0 saturated heterocycles. The number of hydrogen-bond acceptors (Lipinski definition) is 4. The first-order valence-electron chi connectivity index (χ1n) is 6.09. The number of amides is 1. The molecule has 0 aliphatic carbocycles. The molecule has 110 valence electrons. The molecule has 1 heterocycles. The predicted molar refractivity (Wildman–Crippen MR) is 73.2 cm³/mol. The molecule has 7 heteroatoms. The van der Waals surface area contributed by atoms with Crippen molar-refractivity contribution in [1.82, 2.24) is 4.98 Å². The van der Waals surface area contributed by atoms with Gasteiger partial charge in [-0.15, -0.1) is 0 Å². The number of carbonyl (C=O) groups is 1. The van der Waals surface area contributed by atoms with Gasteiger partial charge in [-0.25, -0.2) is 4.98 Å². The second kappa shape index (κ2) is 6.76. The summed E-state index contributed by atoms with van der Waals surface area (Å²) in [6.45, 7) is -2.53. The number of alkyl halides is 2. The van der Waals surface area contributed by atoms with Crippen molar-refractivity contribution in [3.05, 3.63) is 53.7 Å². The molecule has 2 aromatic rings. The first-order valence-corrected chi connectivity index (χ1v) is 6.09. The van der Waals surface area contributed by atoms with E-state index in [9.17, 15) is 13.6 Å². The smallest absolute Gasteiger partial charge is 0.387 e. The van der Waals surface area contributed by atoms with E-state index in [-0.39, 0.29) is 5.75 Å². The molecule has 0 saturated carbocycles. The number of nitrogens with one attached hydrogen (secondary N) is 1. The molecule has 0 aliphatic rings. The number of anilines is 1. The van der Waals surface area contributed by atoms with Crippen LogP contribution in [0, 0.1) is 0 Å². The van der Waals surface area contributed by atoms with Crippen molar-refractivity contribution in [3.63, 3.8) is 0 Å². The van der Waals surface area contributed by atoms with Crippen molar-refractivity contribution in [2.24, 2.45) is 5.73 Å². The second-order valence-corrected chi connectivity index (χ2v) is 4.11. The summed E-state index contributed by atoms with van der Waals surface area (Å²) in [5, 5.41) is 2.59. The number of hydrogen-bond donors (Lipinski definition) is 2. The number of aromatic nitrogens is 1. The normalized spacial score (nSPS) is 10.5. The SMILES string of the molecule is NCc1ccc(NC(=O)c2ccc(OC(F)F)cc2)nc1. The topological polar surface area (TPSA) is 77.2 Å². The molecule has 21 heavy (non-hydrogen) atoms. The molecular formula is C14H13F2N3O2. The molecule has 1 aromatic heterocycles. The third-order valence-corrected chi connectivity index (χ3v) is 2.64. The number of halogens is 2. The Morgan fingerprint density at radius 3 is 2.48 bits per heavy atom.